The van der Waals surface area contributed by atoms with Gasteiger partial charge in [0.1, 0.15) is 0 Å². The Hall–Kier alpha value is -2.40. The van der Waals surface area contributed by atoms with Crippen LogP contribution in [0, 0.1) is 5.92 Å². The number of fused-ring (bicyclic) bond motifs is 1. The third-order valence-electron chi connectivity index (χ3n) is 7.36. The van der Waals surface area contributed by atoms with Gasteiger partial charge < -0.3 is 9.80 Å². The zero-order valence-electron chi connectivity index (χ0n) is 19.6. The van der Waals surface area contributed by atoms with Crippen molar-refractivity contribution in [3.8, 4) is 0 Å². The second-order valence-electron chi connectivity index (χ2n) is 9.32. The van der Waals surface area contributed by atoms with Gasteiger partial charge >= 0.3 is 0 Å². The molecule has 2 atom stereocenters. The molecule has 32 heavy (non-hydrogen) atoms. The Balaban J connectivity index is 1.38. The van der Waals surface area contributed by atoms with Crippen LogP contribution in [0.5, 0.6) is 0 Å². The van der Waals surface area contributed by atoms with E-state index in [0.717, 1.165) is 58.4 Å². The largest absolute Gasteiger partial charge is 0.343 e. The Morgan fingerprint density at radius 2 is 1.78 bits per heavy atom. The molecular weight excluding hydrogens is 398 g/mol. The highest BCUT2D eigenvalue weighted by Crippen LogP contribution is 2.26. The fraction of sp³-hybridized carbons (Fsp3) is 0.556. The molecule has 0 aliphatic carbocycles. The molecule has 0 aromatic heterocycles. The number of carbonyl (C=O) groups is 2. The molecule has 2 fully saturated rings. The average Bonchev–Trinajstić information content (AvgIpc) is 3.01. The lowest BCUT2D eigenvalue weighted by Gasteiger charge is -2.38. The van der Waals surface area contributed by atoms with Gasteiger partial charge in [-0.05, 0) is 68.5 Å². The van der Waals surface area contributed by atoms with Crippen molar-refractivity contribution in [3.63, 3.8) is 0 Å². The van der Waals surface area contributed by atoms with Crippen LogP contribution in [0.15, 0.2) is 42.5 Å². The van der Waals surface area contributed by atoms with Crippen molar-refractivity contribution in [1.29, 1.82) is 0 Å². The van der Waals surface area contributed by atoms with E-state index in [4.69, 9.17) is 0 Å². The quantitative estimate of drug-likeness (QED) is 0.679. The Labute approximate surface area is 192 Å². The van der Waals surface area contributed by atoms with Crippen LogP contribution >= 0.6 is 0 Å². The Morgan fingerprint density at radius 3 is 2.56 bits per heavy atom. The van der Waals surface area contributed by atoms with Gasteiger partial charge in [0.25, 0.3) is 0 Å². The van der Waals surface area contributed by atoms with Crippen molar-refractivity contribution in [3.05, 3.63) is 48.0 Å². The number of nitrogens with zero attached hydrogens (tertiary/aromatic N) is 3. The molecule has 0 saturated carbocycles. The van der Waals surface area contributed by atoms with Crippen molar-refractivity contribution in [2.75, 3.05) is 32.7 Å². The molecule has 2 saturated heterocycles. The van der Waals surface area contributed by atoms with Gasteiger partial charge in [-0.15, -0.1) is 0 Å². The van der Waals surface area contributed by atoms with E-state index >= 15 is 0 Å². The molecule has 4 rings (SSSR count). The second kappa shape index (κ2) is 10.5. The van der Waals surface area contributed by atoms with Crippen molar-refractivity contribution in [2.45, 2.75) is 58.5 Å². The molecule has 5 heteroatoms. The van der Waals surface area contributed by atoms with Crippen LogP contribution < -0.4 is 0 Å². The summed E-state index contributed by atoms with van der Waals surface area (Å²) in [6.45, 7) is 9.05. The second-order valence-corrected chi connectivity index (χ2v) is 9.32. The summed E-state index contributed by atoms with van der Waals surface area (Å²) < 4.78 is 0. The molecule has 5 nitrogen and oxygen atoms in total. The number of benzene rings is 2. The van der Waals surface area contributed by atoms with E-state index in [1.807, 2.05) is 9.80 Å². The highest BCUT2D eigenvalue weighted by atomic mass is 16.2. The van der Waals surface area contributed by atoms with Crippen molar-refractivity contribution in [2.24, 2.45) is 5.92 Å². The molecule has 0 N–H and O–H groups in total. The zero-order chi connectivity index (χ0) is 22.5. The summed E-state index contributed by atoms with van der Waals surface area (Å²) in [5.74, 6) is 0.673. The smallest absolute Gasteiger partial charge is 0.226 e. The summed E-state index contributed by atoms with van der Waals surface area (Å²) in [4.78, 5) is 32.3. The van der Waals surface area contributed by atoms with Gasteiger partial charge in [0.05, 0.1) is 5.92 Å². The average molecular weight is 436 g/mol. The first-order valence-electron chi connectivity index (χ1n) is 12.4. The maximum absolute atomic E-state index is 12.9. The number of likely N-dealkylation sites (tertiary alicyclic amines) is 2. The monoisotopic (exact) mass is 435 g/mol. The molecule has 2 aliphatic heterocycles. The van der Waals surface area contributed by atoms with Crippen molar-refractivity contribution < 1.29 is 9.59 Å². The number of piperidine rings is 1. The van der Waals surface area contributed by atoms with Gasteiger partial charge in [-0.3, -0.25) is 14.5 Å². The first-order valence-corrected chi connectivity index (χ1v) is 12.4. The molecule has 0 radical (unpaired) electrons. The summed E-state index contributed by atoms with van der Waals surface area (Å²) >= 11 is 0. The van der Waals surface area contributed by atoms with Crippen LogP contribution in [0.3, 0.4) is 0 Å². The van der Waals surface area contributed by atoms with Gasteiger partial charge in [0.2, 0.25) is 11.8 Å². The fourth-order valence-corrected chi connectivity index (χ4v) is 5.45. The van der Waals surface area contributed by atoms with Crippen molar-refractivity contribution >= 4 is 22.6 Å². The van der Waals surface area contributed by atoms with Gasteiger partial charge in [-0.1, -0.05) is 36.4 Å². The van der Waals surface area contributed by atoms with E-state index in [1.165, 1.54) is 16.3 Å². The van der Waals surface area contributed by atoms with Gasteiger partial charge in [0.15, 0.2) is 0 Å². The molecule has 2 aromatic carbocycles. The fourth-order valence-electron chi connectivity index (χ4n) is 5.45. The molecule has 2 unspecified atom stereocenters. The SMILES string of the molecule is CCN(CC)C(=O)C1CCCN(C2CCC(=O)N(Cc3ccc4ccccc4c3)CC2)C1. The van der Waals surface area contributed by atoms with Crippen LogP contribution in [0.2, 0.25) is 0 Å². The van der Waals surface area contributed by atoms with Crippen LogP contribution in [0.4, 0.5) is 0 Å². The van der Waals surface area contributed by atoms with E-state index in [2.05, 4.69) is 61.2 Å². The lowest BCUT2D eigenvalue weighted by atomic mass is 9.93. The lowest BCUT2D eigenvalue weighted by molar-refractivity contribution is -0.137. The van der Waals surface area contributed by atoms with Crippen LogP contribution in [0.1, 0.15) is 51.5 Å². The maximum Gasteiger partial charge on any atom is 0.226 e. The third-order valence-corrected chi connectivity index (χ3v) is 7.36. The molecular formula is C27H37N3O2. The van der Waals surface area contributed by atoms with Crippen LogP contribution in [-0.2, 0) is 16.1 Å². The Kier molecular flexibility index (Phi) is 7.46. The Morgan fingerprint density at radius 1 is 1.00 bits per heavy atom. The molecule has 2 heterocycles. The highest BCUT2D eigenvalue weighted by Gasteiger charge is 2.33. The first-order chi connectivity index (χ1) is 15.6. The predicted molar refractivity (Wildman–Crippen MR) is 129 cm³/mol. The maximum atomic E-state index is 12.9. The van der Waals surface area contributed by atoms with E-state index in [-0.39, 0.29) is 11.8 Å². The minimum atomic E-state index is 0.108. The summed E-state index contributed by atoms with van der Waals surface area (Å²) in [7, 11) is 0. The normalized spacial score (nSPS) is 22.7. The van der Waals surface area contributed by atoms with Gasteiger partial charge in [-0.2, -0.15) is 0 Å². The predicted octanol–water partition coefficient (Wildman–Crippen LogP) is 4.30. The summed E-state index contributed by atoms with van der Waals surface area (Å²) in [5, 5.41) is 2.46. The van der Waals surface area contributed by atoms with E-state index < -0.39 is 0 Å². The minimum absolute atomic E-state index is 0.108. The Bertz CT molecular complexity index is 939. The molecule has 0 bridgehead atoms. The lowest BCUT2D eigenvalue weighted by Crippen LogP contribution is -2.48. The molecule has 172 valence electrons. The first kappa shape index (κ1) is 22.8. The number of rotatable bonds is 6. The molecule has 2 aromatic rings. The zero-order valence-corrected chi connectivity index (χ0v) is 19.6. The van der Waals surface area contributed by atoms with E-state index in [9.17, 15) is 9.59 Å². The van der Waals surface area contributed by atoms with Crippen LogP contribution in [-0.4, -0.2) is 65.3 Å². The summed E-state index contributed by atoms with van der Waals surface area (Å²) in [5.41, 5.74) is 1.19. The summed E-state index contributed by atoms with van der Waals surface area (Å²) in [6, 6.07) is 15.3. The van der Waals surface area contributed by atoms with Crippen molar-refractivity contribution in [1.82, 2.24) is 14.7 Å². The van der Waals surface area contributed by atoms with E-state index in [1.54, 1.807) is 0 Å². The number of hydrogen-bond acceptors (Lipinski definition) is 3. The van der Waals surface area contributed by atoms with E-state index in [0.29, 0.717) is 24.9 Å². The number of hydrogen-bond donors (Lipinski definition) is 0. The molecule has 2 aliphatic rings. The minimum Gasteiger partial charge on any atom is -0.343 e. The van der Waals surface area contributed by atoms with Gasteiger partial charge in [0, 0.05) is 45.2 Å². The van der Waals surface area contributed by atoms with Crippen LogP contribution in [0.25, 0.3) is 10.8 Å². The standard InChI is InChI=1S/C27H37N3O2/c1-3-28(4-2)27(32)24-10-7-16-29(20-24)25-13-14-26(31)30(17-15-25)19-21-11-12-22-8-5-6-9-23(22)18-21/h5-6,8-9,11-12,18,24-25H,3-4,7,10,13-17,19-20H2,1-2H3. The highest BCUT2D eigenvalue weighted by molar-refractivity contribution is 5.83. The molecule has 2 amide bonds. The number of carbonyl (C=O) groups excluding carboxylic acids is 2. The number of amides is 2. The molecule has 0 spiro atoms. The third kappa shape index (κ3) is 5.15. The summed E-state index contributed by atoms with van der Waals surface area (Å²) in [6.07, 6.45) is 4.56. The topological polar surface area (TPSA) is 43.9 Å². The van der Waals surface area contributed by atoms with Gasteiger partial charge in [-0.25, -0.2) is 0 Å².